The first-order chi connectivity index (χ1) is 16.1. The molecule has 4 rings (SSSR count). The van der Waals surface area contributed by atoms with Gasteiger partial charge in [0.05, 0.1) is 26.1 Å². The number of nitrogens with one attached hydrogen (secondary N) is 1. The molecule has 8 nitrogen and oxygen atoms in total. The minimum Gasteiger partial charge on any atom is -0.497 e. The number of benzene rings is 2. The highest BCUT2D eigenvalue weighted by molar-refractivity contribution is 7.99. The van der Waals surface area contributed by atoms with E-state index in [4.69, 9.17) is 9.47 Å². The summed E-state index contributed by atoms with van der Waals surface area (Å²) in [5.41, 5.74) is 1.47. The van der Waals surface area contributed by atoms with Crippen LogP contribution in [0.25, 0.3) is 11.4 Å². The number of ether oxygens (including phenoxy) is 2. The van der Waals surface area contributed by atoms with Gasteiger partial charge in [-0.3, -0.25) is 9.69 Å². The Morgan fingerprint density at radius 1 is 1.09 bits per heavy atom. The number of nitrogens with zero attached hydrogens (tertiary/aromatic N) is 4. The van der Waals surface area contributed by atoms with Crippen LogP contribution in [0.3, 0.4) is 0 Å². The molecule has 174 valence electrons. The van der Waals surface area contributed by atoms with E-state index in [1.54, 1.807) is 43.5 Å². The lowest BCUT2D eigenvalue weighted by Gasteiger charge is -2.27. The zero-order valence-corrected chi connectivity index (χ0v) is 19.2. The molecule has 0 unspecified atom stereocenters. The maximum atomic E-state index is 13.4. The van der Waals surface area contributed by atoms with Gasteiger partial charge in [-0.2, -0.15) is 0 Å². The van der Waals surface area contributed by atoms with Crippen molar-refractivity contribution < 1.29 is 18.7 Å². The molecule has 1 fully saturated rings. The average molecular weight is 472 g/mol. The summed E-state index contributed by atoms with van der Waals surface area (Å²) >= 11 is 1.32. The quantitative estimate of drug-likeness (QED) is 0.480. The average Bonchev–Trinajstić information content (AvgIpc) is 3.26. The standard InChI is InChI=1S/C23H26FN5O3S/c1-31-20-8-6-19(7-9-20)25-21(30)16-33-23-27-26-22(17-2-4-18(24)5-3-17)29(23)11-10-28-12-14-32-15-13-28/h2-9H,10-16H2,1H3,(H,25,30). The highest BCUT2D eigenvalue weighted by Gasteiger charge is 2.18. The maximum Gasteiger partial charge on any atom is 0.234 e. The van der Waals surface area contributed by atoms with Gasteiger partial charge in [-0.25, -0.2) is 4.39 Å². The first-order valence-electron chi connectivity index (χ1n) is 10.7. The van der Waals surface area contributed by atoms with E-state index in [9.17, 15) is 9.18 Å². The van der Waals surface area contributed by atoms with Crippen molar-refractivity contribution in [3.8, 4) is 17.1 Å². The Kier molecular flexibility index (Phi) is 7.92. The predicted molar refractivity (Wildman–Crippen MR) is 125 cm³/mol. The molecular formula is C23H26FN5O3S. The third kappa shape index (κ3) is 6.31. The van der Waals surface area contributed by atoms with Crippen LogP contribution in [0.1, 0.15) is 0 Å². The van der Waals surface area contributed by atoms with Crippen molar-refractivity contribution in [3.63, 3.8) is 0 Å². The summed E-state index contributed by atoms with van der Waals surface area (Å²) in [6.07, 6.45) is 0. The van der Waals surface area contributed by atoms with Crippen LogP contribution in [-0.4, -0.2) is 71.3 Å². The zero-order chi connectivity index (χ0) is 23.0. The van der Waals surface area contributed by atoms with Crippen molar-refractivity contribution >= 4 is 23.4 Å². The zero-order valence-electron chi connectivity index (χ0n) is 18.4. The fourth-order valence-corrected chi connectivity index (χ4v) is 4.24. The van der Waals surface area contributed by atoms with E-state index in [2.05, 4.69) is 20.4 Å². The molecule has 0 radical (unpaired) electrons. The highest BCUT2D eigenvalue weighted by atomic mass is 32.2. The second kappa shape index (κ2) is 11.3. The van der Waals surface area contributed by atoms with Gasteiger partial charge in [-0.15, -0.1) is 10.2 Å². The van der Waals surface area contributed by atoms with Gasteiger partial charge in [0.15, 0.2) is 11.0 Å². The molecule has 10 heteroatoms. The van der Waals surface area contributed by atoms with Crippen molar-refractivity contribution in [2.75, 3.05) is 51.0 Å². The molecule has 0 saturated carbocycles. The summed E-state index contributed by atoms with van der Waals surface area (Å²) in [6, 6.07) is 13.4. The van der Waals surface area contributed by atoms with E-state index in [0.29, 0.717) is 23.2 Å². The number of anilines is 1. The Balaban J connectivity index is 1.45. The summed E-state index contributed by atoms with van der Waals surface area (Å²) in [5.74, 6) is 1.12. The topological polar surface area (TPSA) is 81.5 Å². The van der Waals surface area contributed by atoms with Crippen LogP contribution < -0.4 is 10.1 Å². The van der Waals surface area contributed by atoms with E-state index in [-0.39, 0.29) is 17.5 Å². The molecule has 0 aliphatic carbocycles. The van der Waals surface area contributed by atoms with Crippen LogP contribution in [-0.2, 0) is 16.1 Å². The Hall–Kier alpha value is -2.95. The Bertz CT molecular complexity index is 1050. The van der Waals surface area contributed by atoms with Crippen molar-refractivity contribution in [1.29, 1.82) is 0 Å². The lowest BCUT2D eigenvalue weighted by atomic mass is 10.2. The summed E-state index contributed by atoms with van der Waals surface area (Å²) < 4.78 is 26.0. The van der Waals surface area contributed by atoms with Crippen LogP contribution in [0.5, 0.6) is 5.75 Å². The number of thioether (sulfide) groups is 1. The van der Waals surface area contributed by atoms with Crippen LogP contribution in [0.4, 0.5) is 10.1 Å². The Morgan fingerprint density at radius 2 is 1.82 bits per heavy atom. The predicted octanol–water partition coefficient (Wildman–Crippen LogP) is 3.16. The number of amides is 1. The van der Waals surface area contributed by atoms with Gasteiger partial charge in [-0.1, -0.05) is 11.8 Å². The second-order valence-electron chi connectivity index (χ2n) is 7.48. The van der Waals surface area contributed by atoms with Gasteiger partial charge in [0.2, 0.25) is 5.91 Å². The van der Waals surface area contributed by atoms with Gasteiger partial charge < -0.3 is 19.4 Å². The van der Waals surface area contributed by atoms with Crippen molar-refractivity contribution in [1.82, 2.24) is 19.7 Å². The number of morpholine rings is 1. The van der Waals surface area contributed by atoms with Gasteiger partial charge in [0.1, 0.15) is 11.6 Å². The third-order valence-electron chi connectivity index (χ3n) is 5.27. The highest BCUT2D eigenvalue weighted by Crippen LogP contribution is 2.25. The van der Waals surface area contributed by atoms with Crippen LogP contribution in [0.2, 0.25) is 0 Å². The molecule has 2 aromatic carbocycles. The number of rotatable bonds is 9. The number of hydrogen-bond acceptors (Lipinski definition) is 7. The van der Waals surface area contributed by atoms with Crippen LogP contribution >= 0.6 is 11.8 Å². The fourth-order valence-electron chi connectivity index (χ4n) is 3.48. The summed E-state index contributed by atoms with van der Waals surface area (Å²) in [6.45, 7) is 4.66. The minimum atomic E-state index is -0.303. The minimum absolute atomic E-state index is 0.142. The first-order valence-corrected chi connectivity index (χ1v) is 11.7. The van der Waals surface area contributed by atoms with Crippen LogP contribution in [0, 0.1) is 5.82 Å². The number of carbonyl (C=O) groups is 1. The molecule has 0 spiro atoms. The fraction of sp³-hybridized carbons (Fsp3) is 0.348. The second-order valence-corrected chi connectivity index (χ2v) is 8.43. The summed E-state index contributed by atoms with van der Waals surface area (Å²) in [4.78, 5) is 14.8. The summed E-state index contributed by atoms with van der Waals surface area (Å²) in [7, 11) is 1.60. The molecular weight excluding hydrogens is 445 g/mol. The van der Waals surface area contributed by atoms with E-state index in [0.717, 1.165) is 44.2 Å². The van der Waals surface area contributed by atoms with E-state index >= 15 is 0 Å². The molecule has 1 aromatic heterocycles. The number of methoxy groups -OCH3 is 1. The number of aromatic nitrogens is 3. The van der Waals surface area contributed by atoms with E-state index < -0.39 is 0 Å². The molecule has 1 N–H and O–H groups in total. The lowest BCUT2D eigenvalue weighted by molar-refractivity contribution is -0.113. The Morgan fingerprint density at radius 3 is 2.52 bits per heavy atom. The molecule has 1 aliphatic heterocycles. The van der Waals surface area contributed by atoms with Gasteiger partial charge >= 0.3 is 0 Å². The van der Waals surface area contributed by atoms with Gasteiger partial charge in [-0.05, 0) is 48.5 Å². The smallest absolute Gasteiger partial charge is 0.234 e. The molecule has 3 aromatic rings. The molecule has 33 heavy (non-hydrogen) atoms. The number of hydrogen-bond donors (Lipinski definition) is 1. The number of halogens is 1. The largest absolute Gasteiger partial charge is 0.497 e. The van der Waals surface area contributed by atoms with Crippen molar-refractivity contribution in [2.24, 2.45) is 0 Å². The number of carbonyl (C=O) groups excluding carboxylic acids is 1. The van der Waals surface area contributed by atoms with Gasteiger partial charge in [0, 0.05) is 37.4 Å². The van der Waals surface area contributed by atoms with Crippen LogP contribution in [0.15, 0.2) is 53.7 Å². The molecule has 2 heterocycles. The molecule has 1 amide bonds. The van der Waals surface area contributed by atoms with E-state index in [1.165, 1.54) is 23.9 Å². The SMILES string of the molecule is COc1ccc(NC(=O)CSc2nnc(-c3ccc(F)cc3)n2CCN2CCOCC2)cc1. The van der Waals surface area contributed by atoms with Crippen molar-refractivity contribution in [2.45, 2.75) is 11.7 Å². The normalized spacial score (nSPS) is 14.2. The van der Waals surface area contributed by atoms with Crippen molar-refractivity contribution in [3.05, 3.63) is 54.3 Å². The van der Waals surface area contributed by atoms with E-state index in [1.807, 2.05) is 4.57 Å². The molecule has 0 atom stereocenters. The first kappa shape index (κ1) is 23.2. The van der Waals surface area contributed by atoms with Gasteiger partial charge in [0.25, 0.3) is 0 Å². The monoisotopic (exact) mass is 471 g/mol. The maximum absolute atomic E-state index is 13.4. The Labute approximate surface area is 196 Å². The third-order valence-corrected chi connectivity index (χ3v) is 6.24. The molecule has 1 aliphatic rings. The lowest BCUT2D eigenvalue weighted by Crippen LogP contribution is -2.38. The summed E-state index contributed by atoms with van der Waals surface area (Å²) in [5, 5.41) is 12.2. The molecule has 0 bridgehead atoms. The molecule has 1 saturated heterocycles.